The number of anilines is 3. The summed E-state index contributed by atoms with van der Waals surface area (Å²) >= 11 is 0. The van der Waals surface area contributed by atoms with E-state index >= 15 is 0 Å². The smallest absolute Gasteiger partial charge is 0.248 e. The molecule has 2 aromatic heterocycles. The Morgan fingerprint density at radius 3 is 2.59 bits per heavy atom. The molecule has 0 unspecified atom stereocenters. The van der Waals surface area contributed by atoms with Gasteiger partial charge in [0.2, 0.25) is 21.8 Å². The first kappa shape index (κ1) is 34.3. The van der Waals surface area contributed by atoms with Crippen molar-refractivity contribution in [2.75, 3.05) is 35.9 Å². The highest BCUT2D eigenvalue weighted by Crippen LogP contribution is 2.48. The number of ether oxygens (including phenoxy) is 1. The minimum Gasteiger partial charge on any atom is -0.472 e. The molecule has 0 fully saturated rings. The number of hydrogen-bond donors (Lipinski definition) is 2. The van der Waals surface area contributed by atoms with Crippen LogP contribution < -0.4 is 20.5 Å². The number of rotatable bonds is 9. The van der Waals surface area contributed by atoms with Gasteiger partial charge >= 0.3 is 0 Å². The van der Waals surface area contributed by atoms with Crippen molar-refractivity contribution >= 4 is 33.0 Å². The SMILES string of the molecule is CC[C@@H]1CN(Cc2cc([C@@H](c3ccc4c(c3C)NN(C)N4CC)C(C)(C)C(=O)Nc3cccnc3)ccc2C)S(=O)(=O)c2cccnc2O1. The highest BCUT2D eigenvalue weighted by molar-refractivity contribution is 7.89. The van der Waals surface area contributed by atoms with E-state index in [9.17, 15) is 13.2 Å². The lowest BCUT2D eigenvalue weighted by Crippen LogP contribution is -2.38. The molecule has 11 nitrogen and oxygen atoms in total. The van der Waals surface area contributed by atoms with E-state index in [-0.39, 0.29) is 35.9 Å². The molecule has 0 aliphatic carbocycles. The van der Waals surface area contributed by atoms with Gasteiger partial charge in [-0.05, 0) is 85.3 Å². The number of hydrogen-bond acceptors (Lipinski definition) is 9. The first-order valence-corrected chi connectivity index (χ1v) is 18.1. The summed E-state index contributed by atoms with van der Waals surface area (Å²) in [6.07, 6.45) is 5.13. The van der Waals surface area contributed by atoms with Gasteiger partial charge in [-0.15, -0.1) is 5.12 Å². The van der Waals surface area contributed by atoms with Crippen LogP contribution in [0.4, 0.5) is 17.1 Å². The zero-order valence-electron chi connectivity index (χ0n) is 29.2. The Bertz CT molecular complexity index is 1970. The second kappa shape index (κ2) is 13.4. The van der Waals surface area contributed by atoms with E-state index in [0.29, 0.717) is 12.1 Å². The van der Waals surface area contributed by atoms with Crippen LogP contribution in [-0.2, 0) is 21.4 Å². The number of hydrazine groups is 2. The molecule has 2 aromatic carbocycles. The maximum absolute atomic E-state index is 14.2. The largest absolute Gasteiger partial charge is 0.472 e. The van der Waals surface area contributed by atoms with Gasteiger partial charge in [-0.1, -0.05) is 45.0 Å². The Labute approximate surface area is 289 Å². The van der Waals surface area contributed by atoms with E-state index in [4.69, 9.17) is 4.74 Å². The van der Waals surface area contributed by atoms with Crippen LogP contribution in [0.3, 0.4) is 0 Å². The molecule has 4 aromatic rings. The molecule has 0 bridgehead atoms. The number of nitrogens with zero attached hydrogens (tertiary/aromatic N) is 5. The number of nitrogens with one attached hydrogen (secondary N) is 2. The predicted octanol–water partition coefficient (Wildman–Crippen LogP) is 6.27. The quantitative estimate of drug-likeness (QED) is 0.211. The second-order valence-corrected chi connectivity index (χ2v) is 15.2. The fourth-order valence-electron chi connectivity index (χ4n) is 6.91. The first-order valence-electron chi connectivity index (χ1n) is 16.7. The van der Waals surface area contributed by atoms with Crippen LogP contribution in [0.25, 0.3) is 0 Å². The lowest BCUT2D eigenvalue weighted by molar-refractivity contribution is -0.124. The standard InChI is InChI=1S/C37H45N7O4S/c1-8-29-23-43(49(46,47)32-13-11-19-39-35(32)48-29)22-27-20-26(15-14-24(27)3)33(37(5,6)36(45)40-28-12-10-18-38-21-28)30-16-17-31-34(25(30)4)41-42(7)44(31)9-2/h10-21,29,33,41H,8-9,22-23H2,1-7H3,(H,40,45)/t29-,33+/m1/s1. The lowest BCUT2D eigenvalue weighted by Gasteiger charge is -2.36. The number of amides is 1. The maximum Gasteiger partial charge on any atom is 0.248 e. The van der Waals surface area contributed by atoms with Crippen LogP contribution in [-0.4, -0.2) is 60.0 Å². The molecule has 0 saturated carbocycles. The van der Waals surface area contributed by atoms with Gasteiger partial charge in [0.05, 0.1) is 35.2 Å². The van der Waals surface area contributed by atoms with Gasteiger partial charge in [0.25, 0.3) is 0 Å². The first-order chi connectivity index (χ1) is 23.4. The van der Waals surface area contributed by atoms with Crippen LogP contribution in [0.2, 0.25) is 0 Å². The van der Waals surface area contributed by atoms with Gasteiger partial charge in [-0.3, -0.25) is 20.2 Å². The highest BCUT2D eigenvalue weighted by atomic mass is 32.2. The zero-order valence-corrected chi connectivity index (χ0v) is 30.0. The molecule has 2 N–H and O–H groups in total. The molecule has 0 saturated heterocycles. The van der Waals surface area contributed by atoms with Gasteiger partial charge in [-0.2, -0.15) is 4.31 Å². The molecular formula is C37H45N7O4S. The summed E-state index contributed by atoms with van der Waals surface area (Å²) in [5.74, 6) is -0.416. The summed E-state index contributed by atoms with van der Waals surface area (Å²) in [5, 5.41) is 7.22. The van der Waals surface area contributed by atoms with Gasteiger partial charge in [-0.25, -0.2) is 13.4 Å². The van der Waals surface area contributed by atoms with Crippen LogP contribution in [0.15, 0.2) is 78.1 Å². The van der Waals surface area contributed by atoms with Crippen molar-refractivity contribution in [1.82, 2.24) is 19.4 Å². The van der Waals surface area contributed by atoms with E-state index in [2.05, 4.69) is 63.8 Å². The summed E-state index contributed by atoms with van der Waals surface area (Å²) < 4.78 is 35.6. The number of pyridine rings is 2. The van der Waals surface area contributed by atoms with Crippen LogP contribution >= 0.6 is 0 Å². The molecule has 2 atom stereocenters. The molecule has 4 heterocycles. The van der Waals surface area contributed by atoms with Gasteiger partial charge in [0.1, 0.15) is 11.0 Å². The zero-order chi connectivity index (χ0) is 35.1. The topological polar surface area (TPSA) is 120 Å². The molecule has 0 radical (unpaired) electrons. The molecule has 258 valence electrons. The number of aryl methyl sites for hydroxylation is 1. The number of aromatic nitrogens is 2. The third-order valence-electron chi connectivity index (χ3n) is 9.78. The van der Waals surface area contributed by atoms with Crippen molar-refractivity contribution in [2.45, 2.75) is 71.4 Å². The Hall–Kier alpha value is -4.52. The Kier molecular flexibility index (Phi) is 9.40. The van der Waals surface area contributed by atoms with E-state index in [0.717, 1.165) is 45.7 Å². The van der Waals surface area contributed by atoms with Crippen LogP contribution in [0.5, 0.6) is 5.88 Å². The molecule has 1 amide bonds. The number of sulfonamides is 1. The number of carbonyl (C=O) groups is 1. The monoisotopic (exact) mass is 683 g/mol. The molecular weight excluding hydrogens is 639 g/mol. The Balaban J connectivity index is 1.45. The van der Waals surface area contributed by atoms with E-state index < -0.39 is 21.4 Å². The minimum atomic E-state index is -3.91. The predicted molar refractivity (Wildman–Crippen MR) is 192 cm³/mol. The van der Waals surface area contributed by atoms with Crippen molar-refractivity contribution < 1.29 is 17.9 Å². The minimum absolute atomic E-state index is 0.0678. The fourth-order valence-corrected chi connectivity index (χ4v) is 8.43. The number of benzene rings is 2. The van der Waals surface area contributed by atoms with Crippen molar-refractivity contribution in [3.8, 4) is 5.88 Å². The van der Waals surface area contributed by atoms with Crippen molar-refractivity contribution in [3.05, 3.63) is 101 Å². The van der Waals surface area contributed by atoms with Gasteiger partial charge in [0, 0.05) is 38.4 Å². The molecule has 6 rings (SSSR count). The third kappa shape index (κ3) is 6.36. The molecule has 12 heteroatoms. The van der Waals surface area contributed by atoms with Gasteiger partial charge < -0.3 is 10.1 Å². The summed E-state index contributed by atoms with van der Waals surface area (Å²) in [6, 6.07) is 17.1. The molecule has 0 spiro atoms. The van der Waals surface area contributed by atoms with Gasteiger partial charge in [0.15, 0.2) is 0 Å². The maximum atomic E-state index is 14.2. The third-order valence-corrected chi connectivity index (χ3v) is 11.6. The lowest BCUT2D eigenvalue weighted by atomic mass is 9.69. The summed E-state index contributed by atoms with van der Waals surface area (Å²) in [6.45, 7) is 13.2. The molecule has 49 heavy (non-hydrogen) atoms. The van der Waals surface area contributed by atoms with E-state index in [1.54, 1.807) is 36.8 Å². The summed E-state index contributed by atoms with van der Waals surface area (Å²) in [5.41, 5.74) is 9.99. The molecule has 2 aliphatic rings. The van der Waals surface area contributed by atoms with Crippen LogP contribution in [0.1, 0.15) is 67.9 Å². The average Bonchev–Trinajstić information content (AvgIpc) is 3.37. The Morgan fingerprint density at radius 1 is 1.10 bits per heavy atom. The molecule has 2 aliphatic heterocycles. The average molecular weight is 684 g/mol. The highest BCUT2D eigenvalue weighted by Gasteiger charge is 2.42. The van der Waals surface area contributed by atoms with Crippen molar-refractivity contribution in [2.24, 2.45) is 5.41 Å². The summed E-state index contributed by atoms with van der Waals surface area (Å²) in [7, 11) is -1.92. The Morgan fingerprint density at radius 2 is 1.88 bits per heavy atom. The normalized spacial score (nSPS) is 18.1. The fraction of sp³-hybridized carbons (Fsp3) is 0.378. The number of fused-ring (bicyclic) bond motifs is 2. The number of carbonyl (C=O) groups excluding carboxylic acids is 1. The van der Waals surface area contributed by atoms with Crippen molar-refractivity contribution in [1.29, 1.82) is 0 Å². The summed E-state index contributed by atoms with van der Waals surface area (Å²) in [4.78, 5) is 22.7. The second-order valence-electron chi connectivity index (χ2n) is 13.3. The van der Waals surface area contributed by atoms with E-state index in [1.807, 2.05) is 52.0 Å². The van der Waals surface area contributed by atoms with Crippen LogP contribution in [0, 0.1) is 19.3 Å². The van der Waals surface area contributed by atoms with E-state index in [1.165, 1.54) is 4.31 Å². The van der Waals surface area contributed by atoms with Crippen molar-refractivity contribution in [3.63, 3.8) is 0 Å².